The van der Waals surface area contributed by atoms with E-state index >= 15 is 0 Å². The van der Waals surface area contributed by atoms with Crippen molar-refractivity contribution in [2.24, 2.45) is 0 Å². The molecule has 0 radical (unpaired) electrons. The Labute approximate surface area is 160 Å². The fourth-order valence-electron chi connectivity index (χ4n) is 4.05. The van der Waals surface area contributed by atoms with E-state index in [2.05, 4.69) is 20.2 Å². The maximum Gasteiger partial charge on any atom is 0.271 e. The quantitative estimate of drug-likeness (QED) is 0.787. The number of aromatic nitrogens is 2. The number of carbonyl (C=O) groups is 2. The van der Waals surface area contributed by atoms with Crippen molar-refractivity contribution >= 4 is 11.8 Å². The zero-order valence-corrected chi connectivity index (χ0v) is 16.1. The third kappa shape index (κ3) is 4.62. The molecule has 8 nitrogen and oxygen atoms in total. The Kier molecular flexibility index (Phi) is 6.73. The second kappa shape index (κ2) is 9.23. The minimum Gasteiger partial charge on any atom is -0.381 e. The van der Waals surface area contributed by atoms with Crippen molar-refractivity contribution < 1.29 is 14.3 Å². The van der Waals surface area contributed by atoms with Crippen LogP contribution in [0, 0.1) is 0 Å². The average molecular weight is 375 g/mol. The first kappa shape index (κ1) is 19.7. The Morgan fingerprint density at radius 2 is 2.00 bits per heavy atom. The Morgan fingerprint density at radius 3 is 2.63 bits per heavy atom. The second-order valence-electron chi connectivity index (χ2n) is 7.06. The number of hydrogen-bond donors (Lipinski definition) is 1. The van der Waals surface area contributed by atoms with Crippen LogP contribution >= 0.6 is 0 Å². The molecule has 2 saturated heterocycles. The standard InChI is InChI=1S/C19H29N5O3/c1-3-23(4-2)19(26)17-11-14(13-24(17)15-5-9-27-10-6-15)22-18(25)16-12-20-7-8-21-16/h7-8,12,14-15,17H,3-6,9-11,13H2,1-2H3,(H,22,25). The molecule has 1 N–H and O–H groups in total. The highest BCUT2D eigenvalue weighted by Crippen LogP contribution is 2.27. The third-order valence-electron chi connectivity index (χ3n) is 5.49. The Balaban J connectivity index is 1.72. The van der Waals surface area contributed by atoms with Gasteiger partial charge in [0, 0.05) is 57.3 Å². The van der Waals surface area contributed by atoms with Crippen molar-refractivity contribution in [2.75, 3.05) is 32.8 Å². The summed E-state index contributed by atoms with van der Waals surface area (Å²) in [5.41, 5.74) is 0.300. The van der Waals surface area contributed by atoms with Crippen LogP contribution in [0.5, 0.6) is 0 Å². The van der Waals surface area contributed by atoms with E-state index in [0.717, 1.165) is 26.1 Å². The van der Waals surface area contributed by atoms with Gasteiger partial charge >= 0.3 is 0 Å². The van der Waals surface area contributed by atoms with Crippen LogP contribution in [0.1, 0.15) is 43.6 Å². The van der Waals surface area contributed by atoms with Crippen molar-refractivity contribution in [1.82, 2.24) is 25.1 Å². The molecule has 2 fully saturated rings. The van der Waals surface area contributed by atoms with Crippen LogP contribution in [0.25, 0.3) is 0 Å². The summed E-state index contributed by atoms with van der Waals surface area (Å²) < 4.78 is 5.49. The SMILES string of the molecule is CCN(CC)C(=O)C1CC(NC(=O)c2cnccn2)CN1C1CCOCC1. The lowest BCUT2D eigenvalue weighted by Gasteiger charge is -2.36. The fraction of sp³-hybridized carbons (Fsp3) is 0.684. The lowest BCUT2D eigenvalue weighted by molar-refractivity contribution is -0.137. The highest BCUT2D eigenvalue weighted by atomic mass is 16.5. The molecular formula is C19H29N5O3. The molecule has 0 spiro atoms. The van der Waals surface area contributed by atoms with Gasteiger partial charge in [0.2, 0.25) is 5.91 Å². The predicted octanol–water partition coefficient (Wildman–Crippen LogP) is 0.697. The number of nitrogens with one attached hydrogen (secondary N) is 1. The smallest absolute Gasteiger partial charge is 0.271 e. The average Bonchev–Trinajstić information content (AvgIpc) is 3.14. The van der Waals surface area contributed by atoms with Crippen LogP contribution in [0.4, 0.5) is 0 Å². The van der Waals surface area contributed by atoms with E-state index in [9.17, 15) is 9.59 Å². The Morgan fingerprint density at radius 1 is 1.26 bits per heavy atom. The van der Waals surface area contributed by atoms with Crippen molar-refractivity contribution in [3.05, 3.63) is 24.3 Å². The van der Waals surface area contributed by atoms with Crippen LogP contribution in [-0.4, -0.2) is 82.6 Å². The van der Waals surface area contributed by atoms with Gasteiger partial charge in [0.25, 0.3) is 5.91 Å². The normalized spacial score (nSPS) is 23.9. The van der Waals surface area contributed by atoms with Crippen LogP contribution in [0.15, 0.2) is 18.6 Å². The monoisotopic (exact) mass is 375 g/mol. The summed E-state index contributed by atoms with van der Waals surface area (Å²) in [6, 6.07) is 0.0497. The molecule has 148 valence electrons. The summed E-state index contributed by atoms with van der Waals surface area (Å²) in [6.45, 7) is 7.53. The number of hydrogen-bond acceptors (Lipinski definition) is 6. The molecule has 3 heterocycles. The van der Waals surface area contributed by atoms with E-state index < -0.39 is 0 Å². The molecule has 2 unspecified atom stereocenters. The zero-order valence-electron chi connectivity index (χ0n) is 16.1. The van der Waals surface area contributed by atoms with Crippen molar-refractivity contribution in [2.45, 2.75) is 51.2 Å². The molecule has 0 bridgehead atoms. The van der Waals surface area contributed by atoms with Gasteiger partial charge in [-0.1, -0.05) is 0 Å². The van der Waals surface area contributed by atoms with Gasteiger partial charge in [0.15, 0.2) is 0 Å². The van der Waals surface area contributed by atoms with E-state index in [-0.39, 0.29) is 23.9 Å². The molecule has 1 aromatic rings. The number of likely N-dealkylation sites (tertiary alicyclic amines) is 1. The van der Waals surface area contributed by atoms with Gasteiger partial charge < -0.3 is 15.0 Å². The first-order valence-corrected chi connectivity index (χ1v) is 9.83. The summed E-state index contributed by atoms with van der Waals surface area (Å²) in [5.74, 6) is -0.0845. The fourth-order valence-corrected chi connectivity index (χ4v) is 4.05. The van der Waals surface area contributed by atoms with E-state index in [4.69, 9.17) is 4.74 Å². The molecule has 2 aliphatic heterocycles. The van der Waals surface area contributed by atoms with Crippen molar-refractivity contribution in [3.63, 3.8) is 0 Å². The summed E-state index contributed by atoms with van der Waals surface area (Å²) in [4.78, 5) is 37.7. The molecule has 0 aromatic carbocycles. The number of carbonyl (C=O) groups excluding carboxylic acids is 2. The van der Waals surface area contributed by atoms with Crippen LogP contribution in [0.2, 0.25) is 0 Å². The second-order valence-corrected chi connectivity index (χ2v) is 7.06. The number of nitrogens with zero attached hydrogens (tertiary/aromatic N) is 4. The van der Waals surface area contributed by atoms with Crippen LogP contribution < -0.4 is 5.32 Å². The minimum atomic E-state index is -0.240. The highest BCUT2D eigenvalue weighted by Gasteiger charge is 2.42. The largest absolute Gasteiger partial charge is 0.381 e. The lowest BCUT2D eigenvalue weighted by Crippen LogP contribution is -2.50. The number of rotatable bonds is 6. The van der Waals surface area contributed by atoms with Gasteiger partial charge in [-0.2, -0.15) is 0 Å². The van der Waals surface area contributed by atoms with Gasteiger partial charge in [-0.05, 0) is 33.1 Å². The van der Waals surface area contributed by atoms with E-state index in [1.54, 1.807) is 0 Å². The first-order chi connectivity index (χ1) is 13.1. The molecule has 27 heavy (non-hydrogen) atoms. The molecule has 2 atom stereocenters. The Bertz CT molecular complexity index is 631. The van der Waals surface area contributed by atoms with Crippen LogP contribution in [-0.2, 0) is 9.53 Å². The summed E-state index contributed by atoms with van der Waals surface area (Å²) in [6.07, 6.45) is 6.97. The van der Waals surface area contributed by atoms with Gasteiger partial charge in [-0.15, -0.1) is 0 Å². The van der Waals surface area contributed by atoms with Crippen molar-refractivity contribution in [1.29, 1.82) is 0 Å². The maximum absolute atomic E-state index is 13.1. The summed E-state index contributed by atoms with van der Waals surface area (Å²) in [5, 5.41) is 3.04. The summed E-state index contributed by atoms with van der Waals surface area (Å²) >= 11 is 0. The van der Waals surface area contributed by atoms with Crippen molar-refractivity contribution in [3.8, 4) is 0 Å². The number of likely N-dealkylation sites (N-methyl/N-ethyl adjacent to an activating group) is 1. The Hall–Kier alpha value is -2.06. The number of ether oxygens (including phenoxy) is 1. The number of amides is 2. The molecule has 8 heteroatoms. The molecule has 2 amide bonds. The summed E-state index contributed by atoms with van der Waals surface area (Å²) in [7, 11) is 0. The molecule has 0 aliphatic carbocycles. The zero-order chi connectivity index (χ0) is 19.2. The third-order valence-corrected chi connectivity index (χ3v) is 5.49. The lowest BCUT2D eigenvalue weighted by atomic mass is 10.1. The molecule has 1 aromatic heterocycles. The predicted molar refractivity (Wildman–Crippen MR) is 100 cm³/mol. The minimum absolute atomic E-state index is 0.0770. The van der Waals surface area contributed by atoms with E-state index in [1.165, 1.54) is 18.6 Å². The van der Waals surface area contributed by atoms with Gasteiger partial charge in [0.1, 0.15) is 5.69 Å². The van der Waals surface area contributed by atoms with Gasteiger partial charge in [-0.25, -0.2) is 4.98 Å². The van der Waals surface area contributed by atoms with Crippen LogP contribution in [0.3, 0.4) is 0 Å². The van der Waals surface area contributed by atoms with Gasteiger partial charge in [-0.3, -0.25) is 19.5 Å². The molecule has 3 rings (SSSR count). The van der Waals surface area contributed by atoms with E-state index in [1.807, 2.05) is 18.7 Å². The first-order valence-electron chi connectivity index (χ1n) is 9.83. The van der Waals surface area contributed by atoms with Gasteiger partial charge in [0.05, 0.1) is 12.2 Å². The maximum atomic E-state index is 13.1. The molecule has 0 saturated carbocycles. The van der Waals surface area contributed by atoms with E-state index in [0.29, 0.717) is 37.8 Å². The highest BCUT2D eigenvalue weighted by molar-refractivity contribution is 5.92. The molecular weight excluding hydrogens is 346 g/mol. The topological polar surface area (TPSA) is 87.7 Å². The molecule has 2 aliphatic rings.